The summed E-state index contributed by atoms with van der Waals surface area (Å²) in [5.41, 5.74) is 0.274. The zero-order valence-corrected chi connectivity index (χ0v) is 30.8. The minimum Gasteiger partial charge on any atom is -0.450 e. The zero-order valence-electron chi connectivity index (χ0n) is 24.4. The molecule has 0 aliphatic carbocycles. The molecule has 47 heavy (non-hydrogen) atoms. The van der Waals surface area contributed by atoms with Crippen molar-refractivity contribution in [1.29, 1.82) is 0 Å². The minimum absolute atomic E-state index is 0.0116. The van der Waals surface area contributed by atoms with Gasteiger partial charge in [0.05, 0.1) is 6.42 Å². The molecule has 0 amide bonds. The van der Waals surface area contributed by atoms with Gasteiger partial charge < -0.3 is 17.7 Å². The molecule has 0 atom stereocenters. The number of carbonyl (C=O) groups is 4. The molecule has 0 fully saturated rings. The van der Waals surface area contributed by atoms with Crippen LogP contribution in [0, 0.1) is 0 Å². The van der Waals surface area contributed by atoms with E-state index in [1.165, 1.54) is 31.2 Å². The lowest BCUT2D eigenvalue weighted by molar-refractivity contribution is -0.130. The van der Waals surface area contributed by atoms with E-state index in [9.17, 15) is 32.3 Å². The highest BCUT2D eigenvalue weighted by Crippen LogP contribution is 2.25. The van der Waals surface area contributed by atoms with Gasteiger partial charge in [0.25, 0.3) is 0 Å². The summed E-state index contributed by atoms with van der Waals surface area (Å²) in [4.78, 5) is 40.9. The second-order valence-electron chi connectivity index (χ2n) is 8.64. The predicted molar refractivity (Wildman–Crippen MR) is 185 cm³/mol. The maximum atomic E-state index is 12.0. The zero-order chi connectivity index (χ0) is 35.4. The molecule has 0 aliphatic heterocycles. The van der Waals surface area contributed by atoms with Gasteiger partial charge in [-0.25, -0.2) is 0 Å². The number of hydrogen-bond donors (Lipinski definition) is 0. The second-order valence-corrected chi connectivity index (χ2v) is 11.8. The molecule has 0 saturated heterocycles. The Kier molecular flexibility index (Phi) is 19.5. The summed E-state index contributed by atoms with van der Waals surface area (Å²) in [5, 5.41) is 0. The van der Waals surface area contributed by atoms with Crippen LogP contribution < -0.4 is 0 Å². The third-order valence-corrected chi connectivity index (χ3v) is 6.34. The summed E-state index contributed by atoms with van der Waals surface area (Å²) >= 11 is 12.4. The molecule has 0 bridgehead atoms. The molecule has 0 N–H and O–H groups in total. The van der Waals surface area contributed by atoms with Gasteiger partial charge in [-0.1, -0.05) is 0 Å². The fourth-order valence-electron chi connectivity index (χ4n) is 2.78. The van der Waals surface area contributed by atoms with Gasteiger partial charge in [0.15, 0.2) is 24.5 Å². The fraction of sp³-hybridized carbons (Fsp3) is 0.125. The first-order chi connectivity index (χ1) is 22.1. The fourth-order valence-corrected chi connectivity index (χ4v) is 4.06. The predicted octanol–water partition coefficient (Wildman–Crippen LogP) is 11.1. The smallest absolute Gasteiger partial charge is 0.393 e. The number of carbonyl (C=O) groups excluding carboxylic acids is 4. The number of hydrogen-bond acceptors (Lipinski definition) is 8. The van der Waals surface area contributed by atoms with Crippen LogP contribution in [-0.4, -0.2) is 30.8 Å². The Bertz CT molecular complexity index is 1700. The van der Waals surface area contributed by atoms with Crippen molar-refractivity contribution in [3.63, 3.8) is 0 Å². The van der Waals surface area contributed by atoms with E-state index < -0.39 is 12.6 Å². The summed E-state index contributed by atoms with van der Waals surface area (Å²) in [6, 6.07) is 13.7. The summed E-state index contributed by atoms with van der Waals surface area (Å²) in [7, 11) is 0. The molecular weight excluding hydrogens is 889 g/mol. The Balaban J connectivity index is 0.000000317. The topological polar surface area (TPSA) is 121 Å². The molecule has 4 aromatic heterocycles. The number of alkyl halides is 3. The Morgan fingerprint density at radius 1 is 0.660 bits per heavy atom. The maximum Gasteiger partial charge on any atom is 0.393 e. The van der Waals surface area contributed by atoms with Crippen LogP contribution >= 0.6 is 63.7 Å². The van der Waals surface area contributed by atoms with E-state index in [4.69, 9.17) is 17.7 Å². The molecule has 250 valence electrons. The number of halogens is 7. The first-order valence-electron chi connectivity index (χ1n) is 12.8. The van der Waals surface area contributed by atoms with Crippen LogP contribution in [0.1, 0.15) is 43.3 Å². The largest absolute Gasteiger partial charge is 0.450 e. The van der Waals surface area contributed by atoms with Crippen LogP contribution in [-0.2, 0) is 19.2 Å². The van der Waals surface area contributed by atoms with Crippen LogP contribution in [0.4, 0.5) is 13.2 Å². The van der Waals surface area contributed by atoms with Crippen molar-refractivity contribution in [1.82, 2.24) is 0 Å². The van der Waals surface area contributed by atoms with Gasteiger partial charge >= 0.3 is 6.18 Å². The summed E-state index contributed by atoms with van der Waals surface area (Å²) in [6.45, 7) is 3.22. The minimum atomic E-state index is -4.39. The quantitative estimate of drug-likeness (QED) is 0.120. The van der Waals surface area contributed by atoms with Crippen molar-refractivity contribution in [3.05, 3.63) is 114 Å². The maximum absolute atomic E-state index is 12.0. The van der Waals surface area contributed by atoms with Crippen LogP contribution in [0.25, 0.3) is 24.3 Å². The van der Waals surface area contributed by atoms with E-state index >= 15 is 0 Å². The summed E-state index contributed by atoms with van der Waals surface area (Å²) in [5.74, 6) is 2.23. The number of ketones is 1. The Morgan fingerprint density at radius 3 is 1.43 bits per heavy atom. The lowest BCUT2D eigenvalue weighted by atomic mass is 10.2. The Labute approximate surface area is 300 Å². The Hall–Kier alpha value is -3.53. The SMILES string of the molecule is C/C(C=O)=C\c1ccc(Br)o1.CC(=O)/C=C/c1ccc(Br)o1.O=C/C(=C/c1ccc(Br)o1)CC(F)(F)F.O=C/C=C/c1ccc(Br)o1. The molecule has 0 unspecified atom stereocenters. The van der Waals surface area contributed by atoms with E-state index in [1.807, 2.05) is 0 Å². The van der Waals surface area contributed by atoms with Gasteiger partial charge in [0.1, 0.15) is 41.9 Å². The highest BCUT2D eigenvalue weighted by molar-refractivity contribution is 9.11. The van der Waals surface area contributed by atoms with Crippen LogP contribution in [0.2, 0.25) is 0 Å². The first-order valence-corrected chi connectivity index (χ1v) is 16.0. The summed E-state index contributed by atoms with van der Waals surface area (Å²) < 4.78 is 58.5. The van der Waals surface area contributed by atoms with Crippen LogP contribution in [0.5, 0.6) is 0 Å². The van der Waals surface area contributed by atoms with Crippen LogP contribution in [0.3, 0.4) is 0 Å². The van der Waals surface area contributed by atoms with Gasteiger partial charge in [-0.2, -0.15) is 13.2 Å². The molecule has 0 spiro atoms. The molecular formula is C32H25Br4F3O8. The molecule has 4 rings (SSSR count). The van der Waals surface area contributed by atoms with Crippen molar-refractivity contribution in [2.45, 2.75) is 26.4 Å². The van der Waals surface area contributed by atoms with Crippen LogP contribution in [0.15, 0.2) is 108 Å². The molecule has 4 heterocycles. The van der Waals surface area contributed by atoms with Crippen molar-refractivity contribution in [2.24, 2.45) is 0 Å². The lowest BCUT2D eigenvalue weighted by Gasteiger charge is -2.04. The number of aldehydes is 3. The average Bonchev–Trinajstić information content (AvgIpc) is 3.81. The highest BCUT2D eigenvalue weighted by Gasteiger charge is 2.28. The average molecular weight is 914 g/mol. The number of rotatable bonds is 9. The summed E-state index contributed by atoms with van der Waals surface area (Å²) in [6.07, 6.45) is 4.83. The first kappa shape index (κ1) is 41.5. The number of allylic oxidation sites excluding steroid dienone is 4. The van der Waals surface area contributed by atoms with E-state index in [2.05, 4.69) is 63.7 Å². The van der Waals surface area contributed by atoms with Gasteiger partial charge in [-0.05, 0) is 168 Å². The van der Waals surface area contributed by atoms with Gasteiger partial charge in [0, 0.05) is 5.57 Å². The molecule has 0 aromatic carbocycles. The van der Waals surface area contributed by atoms with E-state index in [-0.39, 0.29) is 23.4 Å². The molecule has 0 saturated carbocycles. The lowest BCUT2D eigenvalue weighted by Crippen LogP contribution is -2.08. The molecule has 0 aliphatic rings. The third-order valence-electron chi connectivity index (χ3n) is 4.64. The standard InChI is InChI=1S/C9H6BrF3O2.2C8H7BrO2.C7H5BrO2/c10-8-2-1-7(15-8)3-6(5-14)4-9(11,12)13;1-6(5-10)4-7-2-3-8(9)11-7;1-6(10)2-3-7-4-5-8(9)11-7;8-7-4-3-6(10-7)2-1-5-9/h1-3,5H,4H2;2*2-5H,1H3;1-5H/b6-3+;6-4+;3-2+;2-1+. The molecule has 8 nitrogen and oxygen atoms in total. The van der Waals surface area contributed by atoms with E-state index in [0.29, 0.717) is 47.8 Å². The van der Waals surface area contributed by atoms with E-state index in [1.54, 1.807) is 61.5 Å². The molecule has 15 heteroatoms. The molecule has 0 radical (unpaired) electrons. The van der Waals surface area contributed by atoms with Gasteiger partial charge in [-0.15, -0.1) is 0 Å². The third kappa shape index (κ3) is 20.3. The highest BCUT2D eigenvalue weighted by atomic mass is 79.9. The van der Waals surface area contributed by atoms with Crippen molar-refractivity contribution in [3.8, 4) is 0 Å². The monoisotopic (exact) mass is 910 g/mol. The van der Waals surface area contributed by atoms with E-state index in [0.717, 1.165) is 12.4 Å². The second kappa shape index (κ2) is 22.1. The van der Waals surface area contributed by atoms with Crippen molar-refractivity contribution < 1.29 is 50.0 Å². The molecule has 4 aromatic rings. The Morgan fingerprint density at radius 2 is 1.09 bits per heavy atom. The number of furan rings is 4. The van der Waals surface area contributed by atoms with Gasteiger partial charge in [-0.3, -0.25) is 19.2 Å². The van der Waals surface area contributed by atoms with Crippen molar-refractivity contribution in [2.75, 3.05) is 0 Å². The van der Waals surface area contributed by atoms with Gasteiger partial charge in [0.2, 0.25) is 0 Å². The normalized spacial score (nSPS) is 11.6. The van der Waals surface area contributed by atoms with Crippen molar-refractivity contribution >= 4 is 113 Å².